The van der Waals surface area contributed by atoms with Crippen molar-refractivity contribution in [2.45, 2.75) is 13.3 Å². The van der Waals surface area contributed by atoms with Gasteiger partial charge in [-0.2, -0.15) is 12.6 Å². The van der Waals surface area contributed by atoms with E-state index in [1.165, 1.54) is 0 Å². The number of carbonyl (C=O) groups is 2. The lowest BCUT2D eigenvalue weighted by molar-refractivity contribution is -0.115. The first-order valence-corrected chi connectivity index (χ1v) is 7.07. The topological polar surface area (TPSA) is 34.1 Å². The van der Waals surface area contributed by atoms with Crippen molar-refractivity contribution in [3.8, 4) is 0 Å². The molecule has 0 bridgehead atoms. The van der Waals surface area contributed by atoms with Crippen LogP contribution in [0, 0.1) is 6.92 Å². The Hall–Kier alpha value is -1.87. The van der Waals surface area contributed by atoms with Crippen molar-refractivity contribution in [2.24, 2.45) is 0 Å². The number of thiol groups is 1. The number of rotatable bonds is 5. The lowest BCUT2D eigenvalue weighted by Gasteiger charge is -2.09. The van der Waals surface area contributed by atoms with Gasteiger partial charge in [0.05, 0.1) is 0 Å². The minimum Gasteiger partial charge on any atom is -0.298 e. The smallest absolute Gasteiger partial charge is 0.193 e. The van der Waals surface area contributed by atoms with Gasteiger partial charge in [0.1, 0.15) is 5.78 Å². The molecule has 2 aromatic carbocycles. The zero-order valence-corrected chi connectivity index (χ0v) is 12.2. The fraction of sp³-hybridized carbons (Fsp3) is 0.176. The van der Waals surface area contributed by atoms with E-state index in [1.54, 1.807) is 18.2 Å². The second-order valence-corrected chi connectivity index (χ2v) is 5.05. The molecule has 0 spiro atoms. The molecule has 0 radical (unpaired) electrons. The van der Waals surface area contributed by atoms with Crippen LogP contribution in [0.4, 0.5) is 0 Å². The molecule has 0 aromatic heterocycles. The number of aryl methyl sites for hydroxylation is 1. The number of Topliss-reactive ketones (excluding diaryl/α,β-unsaturated/α-hetero) is 1. The summed E-state index contributed by atoms with van der Waals surface area (Å²) in [6, 6.07) is 14.7. The van der Waals surface area contributed by atoms with Gasteiger partial charge < -0.3 is 0 Å². The number of carbonyl (C=O) groups excluding carboxylic acids is 2. The molecule has 2 nitrogen and oxygen atoms in total. The minimum atomic E-state index is -0.0486. The van der Waals surface area contributed by atoms with Crippen LogP contribution in [0.2, 0.25) is 0 Å². The molecule has 20 heavy (non-hydrogen) atoms. The summed E-state index contributed by atoms with van der Waals surface area (Å²) in [4.78, 5) is 24.1. The fourth-order valence-corrected chi connectivity index (χ4v) is 2.22. The van der Waals surface area contributed by atoms with E-state index in [4.69, 9.17) is 0 Å². The van der Waals surface area contributed by atoms with Gasteiger partial charge in [-0.25, -0.2) is 0 Å². The summed E-state index contributed by atoms with van der Waals surface area (Å²) in [5.41, 5.74) is 3.04. The van der Waals surface area contributed by atoms with Gasteiger partial charge in [-0.3, -0.25) is 9.59 Å². The Balaban J connectivity index is 2.40. The average molecular weight is 284 g/mol. The van der Waals surface area contributed by atoms with Crippen molar-refractivity contribution in [3.63, 3.8) is 0 Å². The van der Waals surface area contributed by atoms with Gasteiger partial charge >= 0.3 is 0 Å². The minimum absolute atomic E-state index is 0.0149. The van der Waals surface area contributed by atoms with E-state index in [0.717, 1.165) is 11.1 Å². The van der Waals surface area contributed by atoms with E-state index in [1.807, 2.05) is 37.3 Å². The molecule has 3 heteroatoms. The number of benzene rings is 2. The Bertz CT molecular complexity index is 633. The molecule has 0 unspecified atom stereocenters. The van der Waals surface area contributed by atoms with Crippen LogP contribution in [-0.2, 0) is 11.2 Å². The molecule has 0 aliphatic rings. The molecule has 0 amide bonds. The third kappa shape index (κ3) is 3.36. The van der Waals surface area contributed by atoms with Gasteiger partial charge in [0.25, 0.3) is 0 Å². The van der Waals surface area contributed by atoms with E-state index in [-0.39, 0.29) is 23.7 Å². The molecule has 0 N–H and O–H groups in total. The Labute approximate surface area is 124 Å². The lowest BCUT2D eigenvalue weighted by Crippen LogP contribution is -2.11. The predicted octanol–water partition coefficient (Wildman–Crippen LogP) is 3.27. The number of hydrogen-bond acceptors (Lipinski definition) is 3. The van der Waals surface area contributed by atoms with Gasteiger partial charge in [0.2, 0.25) is 0 Å². The molecule has 0 aliphatic carbocycles. The highest BCUT2D eigenvalue weighted by Crippen LogP contribution is 2.17. The number of hydrogen-bond donors (Lipinski definition) is 1. The van der Waals surface area contributed by atoms with Crippen LogP contribution in [0.5, 0.6) is 0 Å². The maximum Gasteiger partial charge on any atom is 0.193 e. The van der Waals surface area contributed by atoms with Crippen LogP contribution in [0.1, 0.15) is 27.0 Å². The fourth-order valence-electron chi connectivity index (χ4n) is 2.10. The van der Waals surface area contributed by atoms with E-state index < -0.39 is 0 Å². The summed E-state index contributed by atoms with van der Waals surface area (Å²) in [5, 5.41) is 0. The standard InChI is InChI=1S/C17H16O2S/c1-12-7-8-16(14(9-12)10-15(18)11-20)17(19)13-5-3-2-4-6-13/h2-9,20H,10-11H2,1H3. The van der Waals surface area contributed by atoms with Crippen LogP contribution in [-0.4, -0.2) is 17.3 Å². The van der Waals surface area contributed by atoms with Crippen LogP contribution in [0.25, 0.3) is 0 Å². The second kappa shape index (κ2) is 6.53. The highest BCUT2D eigenvalue weighted by Gasteiger charge is 2.15. The third-order valence-corrected chi connectivity index (χ3v) is 3.46. The quantitative estimate of drug-likeness (QED) is 0.675. The first-order chi connectivity index (χ1) is 9.61. The molecule has 0 fully saturated rings. The van der Waals surface area contributed by atoms with Crippen LogP contribution >= 0.6 is 12.6 Å². The summed E-state index contributed by atoms with van der Waals surface area (Å²) in [6.45, 7) is 1.95. The first-order valence-electron chi connectivity index (χ1n) is 6.43. The van der Waals surface area contributed by atoms with Gasteiger partial charge in [0, 0.05) is 23.3 Å². The normalized spacial score (nSPS) is 10.3. The van der Waals surface area contributed by atoms with Gasteiger partial charge in [-0.1, -0.05) is 54.1 Å². The van der Waals surface area contributed by atoms with E-state index in [2.05, 4.69) is 12.6 Å². The van der Waals surface area contributed by atoms with E-state index >= 15 is 0 Å². The summed E-state index contributed by atoms with van der Waals surface area (Å²) in [7, 11) is 0. The molecule has 0 saturated carbocycles. The van der Waals surface area contributed by atoms with Crippen LogP contribution in [0.3, 0.4) is 0 Å². The summed E-state index contributed by atoms with van der Waals surface area (Å²) in [6.07, 6.45) is 0.249. The third-order valence-electron chi connectivity index (χ3n) is 3.11. The largest absolute Gasteiger partial charge is 0.298 e. The number of ketones is 2. The maximum absolute atomic E-state index is 12.5. The Kier molecular flexibility index (Phi) is 4.74. The lowest BCUT2D eigenvalue weighted by atomic mass is 9.94. The zero-order chi connectivity index (χ0) is 14.5. The van der Waals surface area contributed by atoms with Crippen molar-refractivity contribution >= 4 is 24.2 Å². The Morgan fingerprint density at radius 1 is 1.05 bits per heavy atom. The van der Waals surface area contributed by atoms with Gasteiger partial charge in [0.15, 0.2) is 5.78 Å². The van der Waals surface area contributed by atoms with Crippen molar-refractivity contribution < 1.29 is 9.59 Å². The van der Waals surface area contributed by atoms with Crippen molar-refractivity contribution in [1.82, 2.24) is 0 Å². The highest BCUT2D eigenvalue weighted by atomic mass is 32.1. The molecule has 102 valence electrons. The highest BCUT2D eigenvalue weighted by molar-refractivity contribution is 7.81. The first kappa shape index (κ1) is 14.5. The molecule has 0 heterocycles. The Morgan fingerprint density at radius 3 is 2.40 bits per heavy atom. The van der Waals surface area contributed by atoms with Crippen LogP contribution < -0.4 is 0 Å². The van der Waals surface area contributed by atoms with E-state index in [0.29, 0.717) is 11.1 Å². The van der Waals surface area contributed by atoms with Gasteiger partial charge in [-0.15, -0.1) is 0 Å². The Morgan fingerprint density at radius 2 is 1.75 bits per heavy atom. The predicted molar refractivity (Wildman–Crippen MR) is 83.6 cm³/mol. The molecular weight excluding hydrogens is 268 g/mol. The molecular formula is C17H16O2S. The molecule has 2 aromatic rings. The summed E-state index contributed by atoms with van der Waals surface area (Å²) < 4.78 is 0. The van der Waals surface area contributed by atoms with Crippen LogP contribution in [0.15, 0.2) is 48.5 Å². The zero-order valence-electron chi connectivity index (χ0n) is 11.3. The van der Waals surface area contributed by atoms with Crippen molar-refractivity contribution in [3.05, 3.63) is 70.8 Å². The second-order valence-electron chi connectivity index (χ2n) is 4.73. The molecule has 2 rings (SSSR count). The molecule has 0 aliphatic heterocycles. The van der Waals surface area contributed by atoms with Gasteiger partial charge in [-0.05, 0) is 12.5 Å². The monoisotopic (exact) mass is 284 g/mol. The summed E-state index contributed by atoms with van der Waals surface area (Å²) in [5.74, 6) is 0.154. The average Bonchev–Trinajstić information content (AvgIpc) is 2.47. The SMILES string of the molecule is Cc1ccc(C(=O)c2ccccc2)c(CC(=O)CS)c1. The maximum atomic E-state index is 12.5. The van der Waals surface area contributed by atoms with E-state index in [9.17, 15) is 9.59 Å². The molecule has 0 saturated heterocycles. The molecule has 0 atom stereocenters. The van der Waals surface area contributed by atoms with Crippen molar-refractivity contribution in [1.29, 1.82) is 0 Å². The summed E-state index contributed by atoms with van der Waals surface area (Å²) >= 11 is 3.99. The van der Waals surface area contributed by atoms with Crippen molar-refractivity contribution in [2.75, 3.05) is 5.75 Å².